The minimum atomic E-state index is -0.664. The zero-order valence-corrected chi connectivity index (χ0v) is 16.3. The normalized spacial score (nSPS) is 14.9. The molecular formula is C22H26N2O4. The molecule has 1 saturated heterocycles. The van der Waals surface area contributed by atoms with Crippen molar-refractivity contribution in [1.29, 1.82) is 0 Å². The maximum absolute atomic E-state index is 12.5. The Balaban J connectivity index is 1.55. The number of nitrogens with zero attached hydrogens (tertiary/aromatic N) is 1. The van der Waals surface area contributed by atoms with Crippen molar-refractivity contribution in [3.63, 3.8) is 0 Å². The van der Waals surface area contributed by atoms with Crippen LogP contribution in [-0.4, -0.2) is 43.0 Å². The summed E-state index contributed by atoms with van der Waals surface area (Å²) in [6, 6.07) is 14.1. The molecule has 6 nitrogen and oxygen atoms in total. The van der Waals surface area contributed by atoms with E-state index in [1.165, 1.54) is 6.42 Å². The molecule has 0 spiro atoms. The molecule has 1 fully saturated rings. The van der Waals surface area contributed by atoms with Crippen LogP contribution in [0.5, 0.6) is 11.5 Å². The molecular weight excluding hydrogens is 356 g/mol. The summed E-state index contributed by atoms with van der Waals surface area (Å²) in [6.07, 6.45) is 2.65. The number of methoxy groups -OCH3 is 1. The maximum Gasteiger partial charge on any atom is 0.265 e. The number of hydrogen-bond acceptors (Lipinski definition) is 4. The topological polar surface area (TPSA) is 67.9 Å². The van der Waals surface area contributed by atoms with Crippen molar-refractivity contribution < 1.29 is 19.1 Å². The minimum absolute atomic E-state index is 0.0498. The molecule has 2 aromatic carbocycles. The van der Waals surface area contributed by atoms with Crippen molar-refractivity contribution in [2.24, 2.45) is 0 Å². The molecule has 1 aliphatic heterocycles. The smallest absolute Gasteiger partial charge is 0.265 e. The molecule has 1 N–H and O–H groups in total. The fourth-order valence-electron chi connectivity index (χ4n) is 3.13. The lowest BCUT2D eigenvalue weighted by atomic mass is 10.1. The van der Waals surface area contributed by atoms with Crippen LogP contribution < -0.4 is 14.8 Å². The van der Waals surface area contributed by atoms with Gasteiger partial charge in [-0.1, -0.05) is 0 Å². The van der Waals surface area contributed by atoms with Crippen molar-refractivity contribution in [2.75, 3.05) is 25.5 Å². The lowest BCUT2D eigenvalue weighted by Crippen LogP contribution is -2.35. The van der Waals surface area contributed by atoms with Crippen LogP contribution in [0.25, 0.3) is 0 Å². The number of piperidine rings is 1. The van der Waals surface area contributed by atoms with E-state index in [0.29, 0.717) is 17.0 Å². The van der Waals surface area contributed by atoms with Gasteiger partial charge in [0, 0.05) is 24.3 Å². The van der Waals surface area contributed by atoms with Crippen LogP contribution in [0.15, 0.2) is 48.5 Å². The molecule has 1 atom stereocenters. The van der Waals surface area contributed by atoms with Gasteiger partial charge in [0.05, 0.1) is 7.11 Å². The fraction of sp³-hybridized carbons (Fsp3) is 0.364. The molecule has 28 heavy (non-hydrogen) atoms. The second kappa shape index (κ2) is 9.26. The van der Waals surface area contributed by atoms with Crippen LogP contribution in [0.4, 0.5) is 5.69 Å². The predicted molar refractivity (Wildman–Crippen MR) is 108 cm³/mol. The number of amides is 2. The highest BCUT2D eigenvalue weighted by Gasteiger charge is 2.19. The molecule has 3 rings (SSSR count). The van der Waals surface area contributed by atoms with Crippen molar-refractivity contribution in [1.82, 2.24) is 4.90 Å². The van der Waals surface area contributed by atoms with E-state index in [2.05, 4.69) is 5.32 Å². The SMILES string of the molecule is COc1ccc(OC(C)C(=O)Nc2ccc(C(=O)N3CCCCC3)cc2)cc1. The molecule has 148 valence electrons. The standard InChI is InChI=1S/C22H26N2O4/c1-16(28-20-12-10-19(27-2)11-13-20)21(25)23-18-8-6-17(7-9-18)22(26)24-14-4-3-5-15-24/h6-13,16H,3-5,14-15H2,1-2H3,(H,23,25). The number of anilines is 1. The Hall–Kier alpha value is -3.02. The number of ether oxygens (including phenoxy) is 2. The van der Waals surface area contributed by atoms with Gasteiger partial charge < -0.3 is 19.7 Å². The fourth-order valence-corrected chi connectivity index (χ4v) is 3.13. The van der Waals surface area contributed by atoms with Gasteiger partial charge in [-0.15, -0.1) is 0 Å². The summed E-state index contributed by atoms with van der Waals surface area (Å²) in [4.78, 5) is 26.8. The molecule has 0 aliphatic carbocycles. The van der Waals surface area contributed by atoms with Gasteiger partial charge in [-0.05, 0) is 74.7 Å². The van der Waals surface area contributed by atoms with Crippen LogP contribution in [0, 0.1) is 0 Å². The highest BCUT2D eigenvalue weighted by Crippen LogP contribution is 2.19. The van der Waals surface area contributed by atoms with E-state index in [9.17, 15) is 9.59 Å². The van der Waals surface area contributed by atoms with E-state index in [1.807, 2.05) is 4.90 Å². The summed E-state index contributed by atoms with van der Waals surface area (Å²) in [5.41, 5.74) is 1.27. The van der Waals surface area contributed by atoms with Crippen molar-refractivity contribution in [2.45, 2.75) is 32.3 Å². The highest BCUT2D eigenvalue weighted by atomic mass is 16.5. The molecule has 0 aromatic heterocycles. The van der Waals surface area contributed by atoms with Gasteiger partial charge in [0.25, 0.3) is 11.8 Å². The molecule has 2 amide bonds. The molecule has 0 bridgehead atoms. The Morgan fingerprint density at radius 3 is 2.14 bits per heavy atom. The Labute approximate surface area is 165 Å². The number of carbonyl (C=O) groups excluding carboxylic acids is 2. The van der Waals surface area contributed by atoms with Crippen LogP contribution in [0.2, 0.25) is 0 Å². The molecule has 1 aliphatic rings. The van der Waals surface area contributed by atoms with Gasteiger partial charge in [-0.25, -0.2) is 0 Å². The van der Waals surface area contributed by atoms with Crippen LogP contribution in [-0.2, 0) is 4.79 Å². The number of hydrogen-bond donors (Lipinski definition) is 1. The molecule has 1 unspecified atom stereocenters. The summed E-state index contributed by atoms with van der Waals surface area (Å²) in [5, 5.41) is 2.82. The minimum Gasteiger partial charge on any atom is -0.497 e. The summed E-state index contributed by atoms with van der Waals surface area (Å²) < 4.78 is 10.8. The van der Waals surface area contributed by atoms with Gasteiger partial charge in [-0.2, -0.15) is 0 Å². The van der Waals surface area contributed by atoms with E-state index in [0.717, 1.165) is 31.7 Å². The average molecular weight is 382 g/mol. The largest absolute Gasteiger partial charge is 0.497 e. The number of carbonyl (C=O) groups is 2. The first-order chi connectivity index (χ1) is 13.6. The molecule has 1 heterocycles. The average Bonchev–Trinajstić information content (AvgIpc) is 2.75. The molecule has 2 aromatic rings. The van der Waals surface area contributed by atoms with Crippen LogP contribution in [0.3, 0.4) is 0 Å². The van der Waals surface area contributed by atoms with E-state index >= 15 is 0 Å². The van der Waals surface area contributed by atoms with Gasteiger partial charge >= 0.3 is 0 Å². The third-order valence-electron chi connectivity index (χ3n) is 4.78. The van der Waals surface area contributed by atoms with Gasteiger partial charge in [0.15, 0.2) is 6.10 Å². The summed E-state index contributed by atoms with van der Waals surface area (Å²) in [5.74, 6) is 1.11. The molecule has 6 heteroatoms. The summed E-state index contributed by atoms with van der Waals surface area (Å²) in [7, 11) is 1.59. The third-order valence-corrected chi connectivity index (χ3v) is 4.78. The van der Waals surface area contributed by atoms with Crippen molar-refractivity contribution in [3.05, 3.63) is 54.1 Å². The molecule has 0 saturated carbocycles. The predicted octanol–water partition coefficient (Wildman–Crippen LogP) is 3.73. The maximum atomic E-state index is 12.5. The van der Waals surface area contributed by atoms with E-state index in [-0.39, 0.29) is 11.8 Å². The van der Waals surface area contributed by atoms with E-state index in [1.54, 1.807) is 62.6 Å². The summed E-state index contributed by atoms with van der Waals surface area (Å²) in [6.45, 7) is 3.32. The Kier molecular flexibility index (Phi) is 6.53. The zero-order chi connectivity index (χ0) is 19.9. The third kappa shape index (κ3) is 5.03. The first-order valence-electron chi connectivity index (χ1n) is 9.58. The number of likely N-dealkylation sites (tertiary alicyclic amines) is 1. The first-order valence-corrected chi connectivity index (χ1v) is 9.58. The van der Waals surface area contributed by atoms with E-state index < -0.39 is 6.10 Å². The lowest BCUT2D eigenvalue weighted by Gasteiger charge is -2.26. The highest BCUT2D eigenvalue weighted by molar-refractivity contribution is 5.96. The zero-order valence-electron chi connectivity index (χ0n) is 16.3. The number of benzene rings is 2. The quantitative estimate of drug-likeness (QED) is 0.827. The Morgan fingerprint density at radius 2 is 1.54 bits per heavy atom. The molecule has 0 radical (unpaired) electrons. The summed E-state index contributed by atoms with van der Waals surface area (Å²) >= 11 is 0. The van der Waals surface area contributed by atoms with Crippen molar-refractivity contribution in [3.8, 4) is 11.5 Å². The van der Waals surface area contributed by atoms with Crippen molar-refractivity contribution >= 4 is 17.5 Å². The Morgan fingerprint density at radius 1 is 0.929 bits per heavy atom. The van der Waals surface area contributed by atoms with Gasteiger partial charge in [0.2, 0.25) is 0 Å². The number of nitrogens with one attached hydrogen (secondary N) is 1. The van der Waals surface area contributed by atoms with Gasteiger partial charge in [-0.3, -0.25) is 9.59 Å². The van der Waals surface area contributed by atoms with E-state index in [4.69, 9.17) is 9.47 Å². The number of rotatable bonds is 6. The lowest BCUT2D eigenvalue weighted by molar-refractivity contribution is -0.122. The van der Waals surface area contributed by atoms with Crippen LogP contribution in [0.1, 0.15) is 36.5 Å². The Bertz CT molecular complexity index is 796. The first kappa shape index (κ1) is 19.7. The second-order valence-corrected chi connectivity index (χ2v) is 6.86. The van der Waals surface area contributed by atoms with Gasteiger partial charge in [0.1, 0.15) is 11.5 Å². The second-order valence-electron chi connectivity index (χ2n) is 6.86. The van der Waals surface area contributed by atoms with Crippen LogP contribution >= 0.6 is 0 Å². The monoisotopic (exact) mass is 382 g/mol.